The molecule has 5 nitrogen and oxygen atoms in total. The number of rotatable bonds is 4. The third-order valence-corrected chi connectivity index (χ3v) is 3.72. The van der Waals surface area contributed by atoms with Crippen molar-refractivity contribution in [2.24, 2.45) is 5.92 Å². The van der Waals surface area contributed by atoms with Crippen LogP contribution in [0.25, 0.3) is 0 Å². The summed E-state index contributed by atoms with van der Waals surface area (Å²) < 4.78 is 10.3. The highest BCUT2D eigenvalue weighted by Crippen LogP contribution is 2.21. The molecule has 0 spiro atoms. The minimum atomic E-state index is -0.355. The number of carbonyl (C=O) groups excluding carboxylic acids is 1. The van der Waals surface area contributed by atoms with Crippen LogP contribution in [0.5, 0.6) is 0 Å². The lowest BCUT2D eigenvalue weighted by atomic mass is 9.98. The van der Waals surface area contributed by atoms with Crippen molar-refractivity contribution in [3.05, 3.63) is 23.2 Å². The summed E-state index contributed by atoms with van der Waals surface area (Å²) in [4.78, 5) is 13.8. The van der Waals surface area contributed by atoms with Gasteiger partial charge in [-0.05, 0) is 44.8 Å². The SMILES string of the molecule is COC(=O)c1cc(CN2CCC(CO)CC2)oc1C. The number of hydrogen-bond acceptors (Lipinski definition) is 5. The monoisotopic (exact) mass is 267 g/mol. The summed E-state index contributed by atoms with van der Waals surface area (Å²) >= 11 is 0. The summed E-state index contributed by atoms with van der Waals surface area (Å²) in [6.45, 7) is 4.67. The van der Waals surface area contributed by atoms with Crippen LogP contribution in [0, 0.1) is 12.8 Å². The summed E-state index contributed by atoms with van der Waals surface area (Å²) in [6, 6.07) is 1.76. The minimum absolute atomic E-state index is 0.278. The van der Waals surface area contributed by atoms with Crippen molar-refractivity contribution in [2.75, 3.05) is 26.8 Å². The number of esters is 1. The van der Waals surface area contributed by atoms with E-state index >= 15 is 0 Å². The van der Waals surface area contributed by atoms with Crippen LogP contribution in [-0.2, 0) is 11.3 Å². The largest absolute Gasteiger partial charge is 0.465 e. The molecule has 1 aromatic heterocycles. The van der Waals surface area contributed by atoms with Crippen molar-refractivity contribution in [1.29, 1.82) is 0 Å². The number of hydrogen-bond donors (Lipinski definition) is 1. The van der Waals surface area contributed by atoms with Crippen LogP contribution in [0.4, 0.5) is 0 Å². The molecule has 0 saturated carbocycles. The van der Waals surface area contributed by atoms with Gasteiger partial charge in [0.15, 0.2) is 0 Å². The molecule has 0 aliphatic carbocycles. The number of carbonyl (C=O) groups is 1. The van der Waals surface area contributed by atoms with Gasteiger partial charge >= 0.3 is 5.97 Å². The van der Waals surface area contributed by atoms with Gasteiger partial charge in [-0.15, -0.1) is 0 Å². The topological polar surface area (TPSA) is 62.9 Å². The average molecular weight is 267 g/mol. The molecule has 1 fully saturated rings. The number of piperidine rings is 1. The number of ether oxygens (including phenoxy) is 1. The van der Waals surface area contributed by atoms with Gasteiger partial charge in [-0.1, -0.05) is 0 Å². The van der Waals surface area contributed by atoms with Gasteiger partial charge in [-0.3, -0.25) is 4.90 Å². The van der Waals surface area contributed by atoms with E-state index in [0.29, 0.717) is 23.8 Å². The number of nitrogens with zero attached hydrogens (tertiary/aromatic N) is 1. The van der Waals surface area contributed by atoms with E-state index in [1.165, 1.54) is 7.11 Å². The van der Waals surface area contributed by atoms with Crippen LogP contribution in [0.3, 0.4) is 0 Å². The summed E-state index contributed by atoms with van der Waals surface area (Å²) in [5, 5.41) is 9.11. The van der Waals surface area contributed by atoms with Gasteiger partial charge in [-0.25, -0.2) is 4.79 Å². The second kappa shape index (κ2) is 6.21. The van der Waals surface area contributed by atoms with Crippen LogP contribution in [0.15, 0.2) is 10.5 Å². The van der Waals surface area contributed by atoms with E-state index in [4.69, 9.17) is 14.3 Å². The Balaban J connectivity index is 1.95. The molecule has 1 aliphatic rings. The molecule has 2 rings (SSSR count). The van der Waals surface area contributed by atoms with Crippen molar-refractivity contribution in [3.8, 4) is 0 Å². The Morgan fingerprint density at radius 1 is 1.53 bits per heavy atom. The lowest BCUT2D eigenvalue weighted by molar-refractivity contribution is 0.0599. The van der Waals surface area contributed by atoms with Crippen LogP contribution in [-0.4, -0.2) is 42.8 Å². The summed E-state index contributed by atoms with van der Waals surface area (Å²) in [6.07, 6.45) is 2.03. The molecule has 1 aliphatic heterocycles. The average Bonchev–Trinajstić information content (AvgIpc) is 2.79. The molecule has 1 aromatic rings. The van der Waals surface area contributed by atoms with E-state index in [1.807, 2.05) is 0 Å². The van der Waals surface area contributed by atoms with Gasteiger partial charge < -0.3 is 14.3 Å². The molecule has 19 heavy (non-hydrogen) atoms. The van der Waals surface area contributed by atoms with Crippen molar-refractivity contribution >= 4 is 5.97 Å². The molecule has 0 amide bonds. The fourth-order valence-corrected chi connectivity index (χ4v) is 2.48. The molecule has 2 heterocycles. The zero-order valence-corrected chi connectivity index (χ0v) is 11.5. The minimum Gasteiger partial charge on any atom is -0.465 e. The zero-order chi connectivity index (χ0) is 13.8. The molecular weight excluding hydrogens is 246 g/mol. The Morgan fingerprint density at radius 3 is 2.79 bits per heavy atom. The maximum absolute atomic E-state index is 11.5. The van der Waals surface area contributed by atoms with Crippen molar-refractivity contribution in [1.82, 2.24) is 4.90 Å². The number of furan rings is 1. The second-order valence-corrected chi connectivity index (χ2v) is 5.08. The van der Waals surface area contributed by atoms with E-state index in [2.05, 4.69) is 4.90 Å². The van der Waals surface area contributed by atoms with Crippen molar-refractivity contribution in [2.45, 2.75) is 26.3 Å². The summed E-state index contributed by atoms with van der Waals surface area (Å²) in [7, 11) is 1.37. The maximum Gasteiger partial charge on any atom is 0.341 e. The third-order valence-electron chi connectivity index (χ3n) is 3.72. The van der Waals surface area contributed by atoms with E-state index < -0.39 is 0 Å². The zero-order valence-electron chi connectivity index (χ0n) is 11.5. The van der Waals surface area contributed by atoms with Crippen LogP contribution >= 0.6 is 0 Å². The van der Waals surface area contributed by atoms with Crippen molar-refractivity contribution < 1.29 is 19.1 Å². The maximum atomic E-state index is 11.5. The van der Waals surface area contributed by atoms with Crippen LogP contribution < -0.4 is 0 Å². The Bertz CT molecular complexity index is 433. The highest BCUT2D eigenvalue weighted by atomic mass is 16.5. The summed E-state index contributed by atoms with van der Waals surface area (Å²) in [5.41, 5.74) is 0.503. The Morgan fingerprint density at radius 2 is 2.21 bits per heavy atom. The Kier molecular flexibility index (Phi) is 4.61. The van der Waals surface area contributed by atoms with Gasteiger partial charge in [0, 0.05) is 6.61 Å². The van der Waals surface area contributed by atoms with Crippen molar-refractivity contribution in [3.63, 3.8) is 0 Å². The number of aryl methyl sites for hydroxylation is 1. The van der Waals surface area contributed by atoms with E-state index in [0.717, 1.165) is 31.7 Å². The van der Waals surface area contributed by atoms with Gasteiger partial charge in [0.1, 0.15) is 17.1 Å². The first kappa shape index (κ1) is 14.1. The van der Waals surface area contributed by atoms with Gasteiger partial charge in [0.05, 0.1) is 13.7 Å². The van der Waals surface area contributed by atoms with Crippen LogP contribution in [0.1, 0.15) is 34.7 Å². The molecule has 1 N–H and O–H groups in total. The number of aliphatic hydroxyl groups is 1. The van der Waals surface area contributed by atoms with Gasteiger partial charge in [-0.2, -0.15) is 0 Å². The predicted molar refractivity (Wildman–Crippen MR) is 69.9 cm³/mol. The molecule has 0 unspecified atom stereocenters. The molecular formula is C14H21NO4. The fourth-order valence-electron chi connectivity index (χ4n) is 2.48. The second-order valence-electron chi connectivity index (χ2n) is 5.08. The molecule has 0 atom stereocenters. The molecule has 0 radical (unpaired) electrons. The quantitative estimate of drug-likeness (QED) is 0.839. The lowest BCUT2D eigenvalue weighted by Gasteiger charge is -2.30. The Labute approximate surface area is 113 Å². The van der Waals surface area contributed by atoms with Gasteiger partial charge in [0.2, 0.25) is 0 Å². The van der Waals surface area contributed by atoms with E-state index in [-0.39, 0.29) is 12.6 Å². The normalized spacial score (nSPS) is 17.6. The fraction of sp³-hybridized carbons (Fsp3) is 0.643. The standard InChI is InChI=1S/C14H21NO4/c1-10-13(14(17)18-2)7-12(19-10)8-15-5-3-11(9-16)4-6-15/h7,11,16H,3-6,8-9H2,1-2H3. The predicted octanol–water partition coefficient (Wildman–Crippen LogP) is 1.58. The smallest absolute Gasteiger partial charge is 0.341 e. The number of likely N-dealkylation sites (tertiary alicyclic amines) is 1. The third kappa shape index (κ3) is 3.36. The first-order valence-corrected chi connectivity index (χ1v) is 6.65. The molecule has 5 heteroatoms. The Hall–Kier alpha value is -1.33. The molecule has 106 valence electrons. The highest BCUT2D eigenvalue weighted by Gasteiger charge is 2.21. The van der Waals surface area contributed by atoms with E-state index in [9.17, 15) is 4.79 Å². The molecule has 0 bridgehead atoms. The van der Waals surface area contributed by atoms with E-state index in [1.54, 1.807) is 13.0 Å². The van der Waals surface area contributed by atoms with Crippen LogP contribution in [0.2, 0.25) is 0 Å². The molecule has 0 aromatic carbocycles. The first-order valence-electron chi connectivity index (χ1n) is 6.65. The number of aliphatic hydroxyl groups excluding tert-OH is 1. The van der Waals surface area contributed by atoms with Gasteiger partial charge in [0.25, 0.3) is 0 Å². The summed E-state index contributed by atoms with van der Waals surface area (Å²) in [5.74, 6) is 1.47. The molecule has 1 saturated heterocycles. The highest BCUT2D eigenvalue weighted by molar-refractivity contribution is 5.90. The number of methoxy groups -OCH3 is 1. The first-order chi connectivity index (χ1) is 9.13. The lowest BCUT2D eigenvalue weighted by Crippen LogP contribution is -2.34.